The topological polar surface area (TPSA) is 57.2 Å². The van der Waals surface area contributed by atoms with Crippen molar-refractivity contribution in [2.45, 2.75) is 92.4 Å². The molecule has 5 nitrogen and oxygen atoms in total. The lowest BCUT2D eigenvalue weighted by molar-refractivity contribution is 0.0506. The smallest absolute Gasteiger partial charge is 0.188 e. The molecule has 0 bridgehead atoms. The van der Waals surface area contributed by atoms with Crippen LogP contribution in [0.1, 0.15) is 90.1 Å². The average molecular weight is 595 g/mol. The van der Waals surface area contributed by atoms with Gasteiger partial charge in [0.25, 0.3) is 0 Å². The maximum absolute atomic E-state index is 12.0. The fourth-order valence-corrected chi connectivity index (χ4v) is 7.99. The van der Waals surface area contributed by atoms with Gasteiger partial charge >= 0.3 is 0 Å². The van der Waals surface area contributed by atoms with Crippen LogP contribution in [0.2, 0.25) is 0 Å². The highest BCUT2D eigenvalue weighted by Crippen LogP contribution is 2.48. The highest BCUT2D eigenvalue weighted by atomic mass is 31.1. The van der Waals surface area contributed by atoms with Crippen LogP contribution >= 0.6 is 7.92 Å². The number of aromatic hydroxyl groups is 1. The van der Waals surface area contributed by atoms with Gasteiger partial charge in [-0.15, -0.1) is 0 Å². The van der Waals surface area contributed by atoms with E-state index >= 15 is 0 Å². The van der Waals surface area contributed by atoms with Crippen molar-refractivity contribution in [3.05, 3.63) is 70.3 Å². The molecule has 0 fully saturated rings. The van der Waals surface area contributed by atoms with Crippen LogP contribution in [0, 0.1) is 13.8 Å². The van der Waals surface area contributed by atoms with Gasteiger partial charge in [0.1, 0.15) is 17.2 Å². The third-order valence-electron chi connectivity index (χ3n) is 7.23. The van der Waals surface area contributed by atoms with Gasteiger partial charge in [0.05, 0.1) is 0 Å². The van der Waals surface area contributed by atoms with Gasteiger partial charge in [-0.25, -0.2) is 0 Å². The first-order valence-electron chi connectivity index (χ1n) is 14.6. The molecular weight excluding hydrogens is 543 g/mol. The summed E-state index contributed by atoms with van der Waals surface area (Å²) in [6, 6.07) is 14.9. The second kappa shape index (κ2) is 13.0. The summed E-state index contributed by atoms with van der Waals surface area (Å²) in [6.07, 6.45) is 0. The minimum atomic E-state index is -1.38. The number of phenols is 1. The normalized spacial score (nSPS) is 12.6. The molecule has 6 heteroatoms. The molecule has 0 saturated carbocycles. The monoisotopic (exact) mass is 594 g/mol. The molecule has 0 amide bonds. The van der Waals surface area contributed by atoms with Crippen molar-refractivity contribution in [3.63, 3.8) is 0 Å². The second-order valence-corrected chi connectivity index (χ2v) is 16.3. The lowest BCUT2D eigenvalue weighted by Gasteiger charge is -2.33. The summed E-state index contributed by atoms with van der Waals surface area (Å²) in [5.41, 5.74) is 4.70. The summed E-state index contributed by atoms with van der Waals surface area (Å²) in [7, 11) is 1.90. The fourth-order valence-electron chi connectivity index (χ4n) is 5.20. The van der Waals surface area contributed by atoms with Crippen molar-refractivity contribution in [3.8, 4) is 17.2 Å². The molecule has 0 aliphatic carbocycles. The van der Waals surface area contributed by atoms with Gasteiger partial charge in [-0.05, 0) is 66.8 Å². The van der Waals surface area contributed by atoms with E-state index in [1.807, 2.05) is 6.07 Å². The molecule has 0 saturated heterocycles. The SMILES string of the molecule is COCOc1c(P(c2cccc(C(C)(C)C)c2O)c2cc(C)cc(C(C)(C)C)c2OCOC)cc(C)cc1C(C)(C)C. The highest BCUT2D eigenvalue weighted by molar-refractivity contribution is 7.80. The molecule has 1 N–H and O–H groups in total. The zero-order chi connectivity index (χ0) is 31.6. The molecule has 0 spiro atoms. The van der Waals surface area contributed by atoms with Gasteiger partial charge in [0, 0.05) is 41.3 Å². The second-order valence-electron chi connectivity index (χ2n) is 14.2. The van der Waals surface area contributed by atoms with Crippen molar-refractivity contribution in [1.29, 1.82) is 0 Å². The van der Waals surface area contributed by atoms with Gasteiger partial charge in [0.15, 0.2) is 13.6 Å². The van der Waals surface area contributed by atoms with Crippen LogP contribution in [0.4, 0.5) is 0 Å². The van der Waals surface area contributed by atoms with Crippen LogP contribution in [0.25, 0.3) is 0 Å². The van der Waals surface area contributed by atoms with Crippen molar-refractivity contribution in [1.82, 2.24) is 0 Å². The van der Waals surface area contributed by atoms with Crippen LogP contribution in [0.15, 0.2) is 42.5 Å². The summed E-state index contributed by atoms with van der Waals surface area (Å²) in [4.78, 5) is 0. The molecule has 3 aromatic rings. The molecule has 3 aromatic carbocycles. The Labute approximate surface area is 255 Å². The zero-order valence-corrected chi connectivity index (χ0v) is 28.9. The Kier molecular flexibility index (Phi) is 10.5. The molecule has 0 heterocycles. The minimum Gasteiger partial charge on any atom is -0.507 e. The Morgan fingerprint density at radius 1 is 0.595 bits per heavy atom. The number of aryl methyl sites for hydroxylation is 2. The quantitative estimate of drug-likeness (QED) is 0.204. The number of methoxy groups -OCH3 is 2. The van der Waals surface area contributed by atoms with E-state index in [-0.39, 0.29) is 29.8 Å². The van der Waals surface area contributed by atoms with E-state index in [1.54, 1.807) is 14.2 Å². The number of hydrogen-bond donors (Lipinski definition) is 1. The molecule has 0 aliphatic rings. The third kappa shape index (κ3) is 7.48. The molecule has 0 aliphatic heterocycles. The predicted octanol–water partition coefficient (Wildman–Crippen LogP) is 7.63. The van der Waals surface area contributed by atoms with Gasteiger partial charge in [0.2, 0.25) is 0 Å². The minimum absolute atomic E-state index is 0.115. The lowest BCUT2D eigenvalue weighted by atomic mass is 9.85. The number of phenolic OH excluding ortho intramolecular Hbond substituents is 1. The first-order valence-corrected chi connectivity index (χ1v) is 15.9. The maximum Gasteiger partial charge on any atom is 0.188 e. The fraction of sp³-hybridized carbons (Fsp3) is 0.500. The summed E-state index contributed by atoms with van der Waals surface area (Å²) in [6.45, 7) is 24.0. The molecule has 0 atom stereocenters. The molecule has 3 rings (SSSR count). The Bertz CT molecular complexity index is 1310. The number of ether oxygens (including phenoxy) is 4. The van der Waals surface area contributed by atoms with Crippen LogP contribution in [-0.2, 0) is 25.7 Å². The van der Waals surface area contributed by atoms with Crippen molar-refractivity contribution in [2.24, 2.45) is 0 Å². The Morgan fingerprint density at radius 3 is 1.36 bits per heavy atom. The number of rotatable bonds is 9. The molecule has 0 radical (unpaired) electrons. The molecule has 0 unspecified atom stereocenters. The van der Waals surface area contributed by atoms with Crippen LogP contribution in [-0.4, -0.2) is 32.9 Å². The van der Waals surface area contributed by atoms with Gasteiger partial charge in [-0.2, -0.15) is 0 Å². The molecule has 42 heavy (non-hydrogen) atoms. The summed E-state index contributed by atoms with van der Waals surface area (Å²) >= 11 is 0. The standard InChI is InChI=1S/C36H51O5P/c1-23-17-26(35(6,7)8)32(40-21-38-12)29(19-23)42(28-16-14-15-25(31(28)37)34(3,4)5)30-20-24(2)18-27(36(9,10)11)33(30)41-22-39-13/h14-20,37H,21-22H2,1-13H3. The van der Waals surface area contributed by atoms with Crippen molar-refractivity contribution >= 4 is 23.8 Å². The lowest BCUT2D eigenvalue weighted by Crippen LogP contribution is -2.30. The molecule has 230 valence electrons. The van der Waals surface area contributed by atoms with E-state index in [9.17, 15) is 5.11 Å². The number of benzene rings is 3. The van der Waals surface area contributed by atoms with Crippen molar-refractivity contribution < 1.29 is 24.1 Å². The average Bonchev–Trinajstić information content (AvgIpc) is 2.86. The van der Waals surface area contributed by atoms with E-state index in [0.29, 0.717) is 5.75 Å². The predicted molar refractivity (Wildman–Crippen MR) is 177 cm³/mol. The first-order chi connectivity index (χ1) is 19.4. The summed E-state index contributed by atoms with van der Waals surface area (Å²) < 4.78 is 23.8. The van der Waals surface area contributed by atoms with Crippen molar-refractivity contribution in [2.75, 3.05) is 27.8 Å². The zero-order valence-electron chi connectivity index (χ0n) is 28.0. The van der Waals surface area contributed by atoms with Crippen LogP contribution in [0.3, 0.4) is 0 Å². The Balaban J connectivity index is 2.61. The number of para-hydroxylation sites is 1. The number of hydrogen-bond acceptors (Lipinski definition) is 5. The van der Waals surface area contributed by atoms with E-state index in [0.717, 1.165) is 55.2 Å². The van der Waals surface area contributed by atoms with E-state index in [2.05, 4.69) is 113 Å². The maximum atomic E-state index is 12.0. The largest absolute Gasteiger partial charge is 0.507 e. The van der Waals surface area contributed by atoms with E-state index in [4.69, 9.17) is 18.9 Å². The Morgan fingerprint density at radius 2 is 1.00 bits per heavy atom. The third-order valence-corrected chi connectivity index (χ3v) is 9.70. The van der Waals surface area contributed by atoms with Gasteiger partial charge < -0.3 is 24.1 Å². The Hall–Kier alpha value is -2.59. The van der Waals surface area contributed by atoms with Crippen LogP contribution < -0.4 is 25.4 Å². The van der Waals surface area contributed by atoms with Crippen LogP contribution in [0.5, 0.6) is 17.2 Å². The first kappa shape index (κ1) is 33.9. The highest BCUT2D eigenvalue weighted by Gasteiger charge is 2.34. The molecular formula is C36H51O5P. The summed E-state index contributed by atoms with van der Waals surface area (Å²) in [5.74, 6) is 1.89. The molecule has 0 aromatic heterocycles. The van der Waals surface area contributed by atoms with Gasteiger partial charge in [-0.3, -0.25) is 0 Å². The van der Waals surface area contributed by atoms with Gasteiger partial charge in [-0.1, -0.05) is 92.6 Å². The summed E-state index contributed by atoms with van der Waals surface area (Å²) in [5, 5.41) is 14.9. The van der Waals surface area contributed by atoms with E-state index < -0.39 is 7.92 Å². The van der Waals surface area contributed by atoms with E-state index in [1.165, 1.54) is 0 Å².